The van der Waals surface area contributed by atoms with Crippen LogP contribution in [0.5, 0.6) is 5.75 Å². The molecule has 1 aromatic heterocycles. The number of benzene rings is 1. The van der Waals surface area contributed by atoms with Crippen molar-refractivity contribution < 1.29 is 19.1 Å². The number of carbonyl (C=O) groups excluding carboxylic acids is 2. The molecule has 2 unspecified atom stereocenters. The molecule has 1 aliphatic rings. The molecular formula is C21H26N2O4S. The molecule has 0 fully saturated rings. The van der Waals surface area contributed by atoms with Gasteiger partial charge in [-0.25, -0.2) is 9.78 Å². The highest BCUT2D eigenvalue weighted by Gasteiger charge is 2.39. The minimum absolute atomic E-state index is 0.221. The average molecular weight is 403 g/mol. The fourth-order valence-electron chi connectivity index (χ4n) is 3.14. The Bertz CT molecular complexity index is 864. The molecular weight excluding hydrogens is 376 g/mol. The van der Waals surface area contributed by atoms with Gasteiger partial charge in [-0.05, 0) is 44.9 Å². The molecule has 0 saturated heterocycles. The third-order valence-corrected chi connectivity index (χ3v) is 5.53. The number of esters is 1. The topological polar surface area (TPSA) is 68.7 Å². The molecule has 2 atom stereocenters. The van der Waals surface area contributed by atoms with Crippen LogP contribution >= 0.6 is 11.3 Å². The van der Waals surface area contributed by atoms with Gasteiger partial charge in [0.25, 0.3) is 5.91 Å². The van der Waals surface area contributed by atoms with Crippen molar-refractivity contribution in [3.63, 3.8) is 0 Å². The Morgan fingerprint density at radius 1 is 1.39 bits per heavy atom. The number of thiazole rings is 1. The van der Waals surface area contributed by atoms with Crippen molar-refractivity contribution in [3.05, 3.63) is 28.6 Å². The van der Waals surface area contributed by atoms with Crippen LogP contribution in [-0.2, 0) is 14.3 Å². The van der Waals surface area contributed by atoms with E-state index in [1.54, 1.807) is 18.3 Å². The molecule has 0 spiro atoms. The van der Waals surface area contributed by atoms with Crippen LogP contribution in [0.2, 0.25) is 0 Å². The van der Waals surface area contributed by atoms with Crippen molar-refractivity contribution in [2.24, 2.45) is 0 Å². The predicted molar refractivity (Wildman–Crippen MR) is 110 cm³/mol. The molecule has 0 radical (unpaired) electrons. The van der Waals surface area contributed by atoms with Crippen molar-refractivity contribution in [1.29, 1.82) is 0 Å². The first-order chi connectivity index (χ1) is 13.5. The zero-order chi connectivity index (χ0) is 20.3. The summed E-state index contributed by atoms with van der Waals surface area (Å²) >= 11 is 1.57. The van der Waals surface area contributed by atoms with Gasteiger partial charge in [-0.3, -0.25) is 9.69 Å². The van der Waals surface area contributed by atoms with Crippen molar-refractivity contribution in [2.45, 2.75) is 59.1 Å². The second-order valence-corrected chi connectivity index (χ2v) is 7.92. The highest BCUT2D eigenvalue weighted by atomic mass is 32.1. The third kappa shape index (κ3) is 4.04. The molecule has 150 valence electrons. The van der Waals surface area contributed by atoms with E-state index in [0.29, 0.717) is 24.5 Å². The molecule has 2 aromatic rings. The fraction of sp³-hybridized carbons (Fsp3) is 0.476. The van der Waals surface area contributed by atoms with E-state index in [9.17, 15) is 9.59 Å². The van der Waals surface area contributed by atoms with Crippen LogP contribution in [-0.4, -0.2) is 35.6 Å². The second-order valence-electron chi connectivity index (χ2n) is 6.85. The van der Waals surface area contributed by atoms with Gasteiger partial charge in [0, 0.05) is 10.9 Å². The molecule has 0 saturated carbocycles. The van der Waals surface area contributed by atoms with Gasteiger partial charge in [-0.2, -0.15) is 0 Å². The van der Waals surface area contributed by atoms with Crippen molar-refractivity contribution in [3.8, 4) is 17.0 Å². The van der Waals surface area contributed by atoms with E-state index in [1.165, 1.54) is 4.90 Å². The lowest BCUT2D eigenvalue weighted by atomic mass is 10.1. The van der Waals surface area contributed by atoms with Crippen LogP contribution in [0.1, 0.15) is 45.0 Å². The zero-order valence-corrected chi connectivity index (χ0v) is 17.5. The molecule has 1 aromatic carbocycles. The van der Waals surface area contributed by atoms with Gasteiger partial charge in [-0.15, -0.1) is 11.3 Å². The number of unbranched alkanes of at least 4 members (excludes halogenated alkanes) is 1. The van der Waals surface area contributed by atoms with E-state index in [1.807, 2.05) is 44.4 Å². The quantitative estimate of drug-likeness (QED) is 0.509. The molecule has 1 amide bonds. The van der Waals surface area contributed by atoms with Crippen LogP contribution in [0, 0.1) is 6.92 Å². The van der Waals surface area contributed by atoms with Crippen molar-refractivity contribution in [1.82, 2.24) is 4.98 Å². The molecule has 7 heteroatoms. The normalized spacial score (nSPS) is 17.1. The molecule has 1 aliphatic heterocycles. The van der Waals surface area contributed by atoms with E-state index in [0.717, 1.165) is 29.1 Å². The lowest BCUT2D eigenvalue weighted by Gasteiger charge is -2.37. The highest BCUT2D eigenvalue weighted by molar-refractivity contribution is 7.09. The first kappa shape index (κ1) is 20.3. The number of hydrogen-bond donors (Lipinski definition) is 0. The third-order valence-electron chi connectivity index (χ3n) is 4.76. The van der Waals surface area contributed by atoms with Gasteiger partial charge in [0.15, 0.2) is 6.10 Å². The first-order valence-electron chi connectivity index (χ1n) is 9.69. The van der Waals surface area contributed by atoms with E-state index in [4.69, 9.17) is 9.47 Å². The Kier molecular flexibility index (Phi) is 6.34. The van der Waals surface area contributed by atoms with Crippen molar-refractivity contribution in [2.75, 3.05) is 11.5 Å². The Morgan fingerprint density at radius 3 is 2.82 bits per heavy atom. The minimum atomic E-state index is -0.728. The number of ether oxygens (including phenoxy) is 2. The summed E-state index contributed by atoms with van der Waals surface area (Å²) in [4.78, 5) is 31.6. The van der Waals surface area contributed by atoms with Crippen molar-refractivity contribution >= 4 is 28.9 Å². The summed E-state index contributed by atoms with van der Waals surface area (Å²) in [5.41, 5.74) is 2.30. The zero-order valence-electron chi connectivity index (χ0n) is 16.7. The monoisotopic (exact) mass is 402 g/mol. The smallest absolute Gasteiger partial charge is 0.328 e. The van der Waals surface area contributed by atoms with E-state index in [-0.39, 0.29) is 5.91 Å². The van der Waals surface area contributed by atoms with Gasteiger partial charge in [0.1, 0.15) is 11.8 Å². The summed E-state index contributed by atoms with van der Waals surface area (Å²) < 4.78 is 11.3. The summed E-state index contributed by atoms with van der Waals surface area (Å²) in [5.74, 6) is -0.0312. The average Bonchev–Trinajstić information content (AvgIpc) is 3.13. The lowest BCUT2D eigenvalue weighted by molar-refractivity contribution is -0.146. The molecule has 0 N–H and O–H groups in total. The Balaban J connectivity index is 1.96. The maximum atomic E-state index is 13.0. The Hall–Kier alpha value is -2.41. The van der Waals surface area contributed by atoms with Gasteiger partial charge in [0.05, 0.1) is 23.0 Å². The first-order valence-corrected chi connectivity index (χ1v) is 10.6. The van der Waals surface area contributed by atoms with Crippen LogP contribution in [0.25, 0.3) is 11.3 Å². The number of nitrogens with zero attached hydrogens (tertiary/aromatic N) is 2. The van der Waals surface area contributed by atoms with Gasteiger partial charge in [-0.1, -0.05) is 20.3 Å². The molecule has 0 aliphatic carbocycles. The van der Waals surface area contributed by atoms with Crippen LogP contribution in [0.3, 0.4) is 0 Å². The van der Waals surface area contributed by atoms with Crippen LogP contribution < -0.4 is 9.64 Å². The Morgan fingerprint density at radius 2 is 2.18 bits per heavy atom. The summed E-state index contributed by atoms with van der Waals surface area (Å²) in [7, 11) is 0. The molecule has 3 rings (SSSR count). The molecule has 2 heterocycles. The van der Waals surface area contributed by atoms with E-state index in [2.05, 4.69) is 4.98 Å². The SMILES string of the molecule is CCCCOC(=O)C(C)N1C(=O)C(CC)Oc2ccc(-c3csc(C)n3)cc21. The maximum Gasteiger partial charge on any atom is 0.328 e. The predicted octanol–water partition coefficient (Wildman–Crippen LogP) is 4.35. The number of amides is 1. The molecule has 0 bridgehead atoms. The maximum absolute atomic E-state index is 13.0. The highest BCUT2D eigenvalue weighted by Crippen LogP contribution is 2.39. The number of aryl methyl sites for hydroxylation is 1. The van der Waals surface area contributed by atoms with Gasteiger partial charge < -0.3 is 9.47 Å². The number of rotatable bonds is 7. The number of carbonyl (C=O) groups is 2. The van der Waals surface area contributed by atoms with Gasteiger partial charge in [0.2, 0.25) is 0 Å². The number of fused-ring (bicyclic) bond motifs is 1. The summed E-state index contributed by atoms with van der Waals surface area (Å²) in [5, 5.41) is 2.94. The summed E-state index contributed by atoms with van der Waals surface area (Å²) in [6, 6.07) is 4.91. The van der Waals surface area contributed by atoms with E-state index < -0.39 is 18.1 Å². The van der Waals surface area contributed by atoms with Crippen LogP contribution in [0.4, 0.5) is 5.69 Å². The summed E-state index contributed by atoms with van der Waals surface area (Å²) in [6.45, 7) is 7.94. The standard InChI is InChI=1S/C21H26N2O4S/c1-5-7-10-26-21(25)13(3)23-17-11-15(16-12-28-14(4)22-16)8-9-19(17)27-18(6-2)20(23)24/h8-9,11-13,18H,5-7,10H2,1-4H3. The molecule has 6 nitrogen and oxygen atoms in total. The number of hydrogen-bond acceptors (Lipinski definition) is 6. The van der Waals surface area contributed by atoms with Crippen LogP contribution in [0.15, 0.2) is 23.6 Å². The minimum Gasteiger partial charge on any atom is -0.478 e. The fourth-order valence-corrected chi connectivity index (χ4v) is 3.76. The van der Waals surface area contributed by atoms with E-state index >= 15 is 0 Å². The van der Waals surface area contributed by atoms with Gasteiger partial charge >= 0.3 is 5.97 Å². The number of anilines is 1. The lowest BCUT2D eigenvalue weighted by Crippen LogP contribution is -2.52. The number of aromatic nitrogens is 1. The Labute approximate surface area is 169 Å². The second kappa shape index (κ2) is 8.73. The largest absolute Gasteiger partial charge is 0.478 e. The summed E-state index contributed by atoms with van der Waals surface area (Å²) in [6.07, 6.45) is 1.66. The molecule has 28 heavy (non-hydrogen) atoms.